The molecule has 1 amide bonds. The van der Waals surface area contributed by atoms with Crippen molar-refractivity contribution in [3.8, 4) is 11.5 Å². The zero-order chi connectivity index (χ0) is 18.0. The van der Waals surface area contributed by atoms with E-state index < -0.39 is 17.8 Å². The molecule has 5 nitrogen and oxygen atoms in total. The number of hydrogen-bond acceptors (Lipinski definition) is 4. The van der Waals surface area contributed by atoms with Gasteiger partial charge in [0.25, 0.3) is 11.8 Å². The van der Waals surface area contributed by atoms with Gasteiger partial charge in [0.1, 0.15) is 5.82 Å². The minimum absolute atomic E-state index is 0.0588. The number of nitrogens with one attached hydrogen (secondary N) is 1. The summed E-state index contributed by atoms with van der Waals surface area (Å²) >= 11 is 9.00. The van der Waals surface area contributed by atoms with Crippen LogP contribution in [0.25, 0.3) is 11.5 Å². The van der Waals surface area contributed by atoms with E-state index in [2.05, 4.69) is 31.4 Å². The summed E-state index contributed by atoms with van der Waals surface area (Å²) in [6.45, 7) is 1.69. The second-order valence-corrected chi connectivity index (χ2v) is 6.64. The number of benzene rings is 2. The molecule has 0 bridgehead atoms. The molecule has 2 aromatic carbocycles. The third-order valence-corrected chi connectivity index (χ3v) is 4.19. The predicted molar refractivity (Wildman–Crippen MR) is 94.7 cm³/mol. The van der Waals surface area contributed by atoms with Crippen molar-refractivity contribution in [1.29, 1.82) is 0 Å². The Morgan fingerprint density at radius 1 is 1.28 bits per heavy atom. The van der Waals surface area contributed by atoms with Gasteiger partial charge in [-0.3, -0.25) is 4.79 Å². The van der Waals surface area contributed by atoms with Gasteiger partial charge in [-0.1, -0.05) is 32.7 Å². The second-order valence-electron chi connectivity index (χ2n) is 5.28. The Labute approximate surface area is 156 Å². The fourth-order valence-corrected chi connectivity index (χ4v) is 2.59. The summed E-state index contributed by atoms with van der Waals surface area (Å²) < 4.78 is 19.6. The average molecular weight is 425 g/mol. The van der Waals surface area contributed by atoms with E-state index >= 15 is 0 Å². The molecule has 128 valence electrons. The van der Waals surface area contributed by atoms with Crippen molar-refractivity contribution in [2.24, 2.45) is 0 Å². The van der Waals surface area contributed by atoms with Crippen LogP contribution in [-0.4, -0.2) is 16.0 Å². The van der Waals surface area contributed by atoms with Gasteiger partial charge < -0.3 is 9.84 Å². The summed E-state index contributed by atoms with van der Waals surface area (Å²) in [6, 6.07) is 10.6. The van der Waals surface area contributed by atoms with Crippen LogP contribution in [0.3, 0.4) is 0 Å². The molecule has 1 N–H and O–H groups in total. The summed E-state index contributed by atoms with van der Waals surface area (Å²) in [5, 5.41) is 7.11. The number of halogens is 3. The van der Waals surface area contributed by atoms with E-state index in [-0.39, 0.29) is 11.4 Å². The molecule has 1 atom stereocenters. The summed E-state index contributed by atoms with van der Waals surface area (Å²) in [6.07, 6.45) is 0. The highest BCUT2D eigenvalue weighted by molar-refractivity contribution is 9.10. The Morgan fingerprint density at radius 2 is 2.00 bits per heavy atom. The van der Waals surface area contributed by atoms with E-state index in [0.29, 0.717) is 20.9 Å². The molecule has 0 aliphatic carbocycles. The maximum absolute atomic E-state index is 13.9. The lowest BCUT2D eigenvalue weighted by atomic mass is 10.2. The van der Waals surface area contributed by atoms with Crippen molar-refractivity contribution in [3.05, 3.63) is 69.2 Å². The monoisotopic (exact) mass is 423 g/mol. The molecular weight excluding hydrogens is 413 g/mol. The third kappa shape index (κ3) is 4.05. The highest BCUT2D eigenvalue weighted by Gasteiger charge is 2.19. The molecule has 0 saturated heterocycles. The summed E-state index contributed by atoms with van der Waals surface area (Å²) in [4.78, 5) is 16.5. The first-order chi connectivity index (χ1) is 11.9. The number of carbonyl (C=O) groups excluding carboxylic acids is 1. The van der Waals surface area contributed by atoms with Crippen LogP contribution in [0.4, 0.5) is 4.39 Å². The Balaban J connectivity index is 1.74. The average Bonchev–Trinajstić information content (AvgIpc) is 3.05. The fourth-order valence-electron chi connectivity index (χ4n) is 2.13. The van der Waals surface area contributed by atoms with Gasteiger partial charge in [0.05, 0.1) is 11.6 Å². The molecule has 0 radical (unpaired) electrons. The van der Waals surface area contributed by atoms with Crippen molar-refractivity contribution in [2.75, 3.05) is 0 Å². The molecule has 0 unspecified atom stereocenters. The Bertz CT molecular complexity index is 915. The van der Waals surface area contributed by atoms with E-state index in [4.69, 9.17) is 16.1 Å². The van der Waals surface area contributed by atoms with E-state index in [1.165, 1.54) is 12.1 Å². The van der Waals surface area contributed by atoms with Gasteiger partial charge in [-0.2, -0.15) is 4.98 Å². The molecular formula is C17H12BrClFN3O2. The molecule has 1 heterocycles. The Kier molecular flexibility index (Phi) is 5.15. The molecule has 0 spiro atoms. The third-order valence-electron chi connectivity index (χ3n) is 3.44. The normalized spacial score (nSPS) is 12.0. The van der Waals surface area contributed by atoms with Crippen LogP contribution in [0.15, 0.2) is 51.5 Å². The van der Waals surface area contributed by atoms with Crippen LogP contribution in [0.5, 0.6) is 0 Å². The number of nitrogens with zero attached hydrogens (tertiary/aromatic N) is 2. The highest BCUT2D eigenvalue weighted by atomic mass is 79.9. The van der Waals surface area contributed by atoms with Crippen LogP contribution in [0.1, 0.15) is 29.1 Å². The SMILES string of the molecule is C[C@@H](NC(=O)c1ccc(Br)cc1F)c1noc(-c2ccc(Cl)cc2)n1. The number of hydrogen-bond donors (Lipinski definition) is 1. The standard InChI is InChI=1S/C17H12BrClFN3O2/c1-9(21-16(24)13-7-4-11(18)8-14(13)20)15-22-17(25-23-15)10-2-5-12(19)6-3-10/h2-9H,1H3,(H,21,24)/t9-/m1/s1. The first-order valence-electron chi connectivity index (χ1n) is 7.29. The lowest BCUT2D eigenvalue weighted by Gasteiger charge is -2.10. The highest BCUT2D eigenvalue weighted by Crippen LogP contribution is 2.22. The molecule has 3 aromatic rings. The Hall–Kier alpha value is -2.25. The van der Waals surface area contributed by atoms with Gasteiger partial charge in [0.2, 0.25) is 0 Å². The molecule has 0 aliphatic heterocycles. The van der Waals surface area contributed by atoms with Gasteiger partial charge in [-0.05, 0) is 49.4 Å². The summed E-state index contributed by atoms with van der Waals surface area (Å²) in [5.41, 5.74) is 0.650. The van der Waals surface area contributed by atoms with Crippen LogP contribution in [0, 0.1) is 5.82 Å². The quantitative estimate of drug-likeness (QED) is 0.654. The van der Waals surface area contributed by atoms with E-state index in [9.17, 15) is 9.18 Å². The first-order valence-corrected chi connectivity index (χ1v) is 8.46. The summed E-state index contributed by atoms with van der Waals surface area (Å²) in [7, 11) is 0. The minimum atomic E-state index is -0.617. The smallest absolute Gasteiger partial charge is 0.257 e. The summed E-state index contributed by atoms with van der Waals surface area (Å²) in [5.74, 6) is -0.581. The second kappa shape index (κ2) is 7.33. The van der Waals surface area contributed by atoms with Crippen molar-refractivity contribution >= 4 is 33.4 Å². The van der Waals surface area contributed by atoms with Crippen molar-refractivity contribution in [1.82, 2.24) is 15.5 Å². The van der Waals surface area contributed by atoms with Crippen molar-refractivity contribution in [2.45, 2.75) is 13.0 Å². The predicted octanol–water partition coefficient (Wildman–Crippen LogP) is 4.78. The van der Waals surface area contributed by atoms with Crippen LogP contribution in [-0.2, 0) is 0 Å². The van der Waals surface area contributed by atoms with Crippen LogP contribution in [0.2, 0.25) is 5.02 Å². The number of aromatic nitrogens is 2. The van der Waals surface area contributed by atoms with E-state index in [1.807, 2.05) is 0 Å². The zero-order valence-corrected chi connectivity index (χ0v) is 15.3. The molecule has 3 rings (SSSR count). The first kappa shape index (κ1) is 17.6. The zero-order valence-electron chi connectivity index (χ0n) is 13.0. The lowest BCUT2D eigenvalue weighted by molar-refractivity contribution is 0.0934. The van der Waals surface area contributed by atoms with Crippen molar-refractivity contribution < 1.29 is 13.7 Å². The largest absolute Gasteiger partial charge is 0.342 e. The van der Waals surface area contributed by atoms with E-state index in [0.717, 1.165) is 0 Å². The molecule has 25 heavy (non-hydrogen) atoms. The molecule has 1 aromatic heterocycles. The lowest BCUT2D eigenvalue weighted by Crippen LogP contribution is -2.28. The fraction of sp³-hybridized carbons (Fsp3) is 0.118. The van der Waals surface area contributed by atoms with Crippen molar-refractivity contribution in [3.63, 3.8) is 0 Å². The number of rotatable bonds is 4. The molecule has 0 saturated carbocycles. The van der Waals surface area contributed by atoms with Gasteiger partial charge in [-0.15, -0.1) is 0 Å². The maximum Gasteiger partial charge on any atom is 0.257 e. The van der Waals surface area contributed by atoms with Gasteiger partial charge >= 0.3 is 0 Å². The van der Waals surface area contributed by atoms with Gasteiger partial charge in [0.15, 0.2) is 5.82 Å². The molecule has 0 fully saturated rings. The Morgan fingerprint density at radius 3 is 2.68 bits per heavy atom. The minimum Gasteiger partial charge on any atom is -0.342 e. The van der Waals surface area contributed by atoms with Gasteiger partial charge in [-0.25, -0.2) is 4.39 Å². The van der Waals surface area contributed by atoms with Crippen LogP contribution < -0.4 is 5.32 Å². The van der Waals surface area contributed by atoms with E-state index in [1.54, 1.807) is 37.3 Å². The molecule has 0 aliphatic rings. The maximum atomic E-state index is 13.9. The topological polar surface area (TPSA) is 68.0 Å². The number of carbonyl (C=O) groups is 1. The van der Waals surface area contributed by atoms with Crippen LogP contribution >= 0.6 is 27.5 Å². The van der Waals surface area contributed by atoms with Gasteiger partial charge in [0, 0.05) is 15.1 Å². The number of amides is 1. The molecule has 8 heteroatoms.